The number of ketones is 1. The second kappa shape index (κ2) is 11.6. The van der Waals surface area contributed by atoms with Crippen LogP contribution in [0.2, 0.25) is 0 Å². The summed E-state index contributed by atoms with van der Waals surface area (Å²) in [5.41, 5.74) is 3.03. The third-order valence-corrected chi connectivity index (χ3v) is 6.56. The number of carbonyl (C=O) groups is 2. The number of pyridine rings is 1. The molecule has 0 radical (unpaired) electrons. The largest absolute Gasteiger partial charge is 0.507 e. The number of hydrogen-bond donors (Lipinski definition) is 1. The molecular weight excluding hydrogens is 492 g/mol. The van der Waals surface area contributed by atoms with E-state index in [-0.39, 0.29) is 17.9 Å². The van der Waals surface area contributed by atoms with Crippen LogP contribution in [0, 0.1) is 6.92 Å². The van der Waals surface area contributed by atoms with Crippen LogP contribution >= 0.6 is 0 Å². The summed E-state index contributed by atoms with van der Waals surface area (Å²) < 4.78 is 11.6. The van der Waals surface area contributed by atoms with Crippen molar-refractivity contribution in [1.82, 2.24) is 9.88 Å². The number of nitrogens with zero attached hydrogens (tertiary/aromatic N) is 2. The van der Waals surface area contributed by atoms with Gasteiger partial charge in [-0.3, -0.25) is 14.6 Å². The van der Waals surface area contributed by atoms with Gasteiger partial charge in [0, 0.05) is 24.5 Å². The zero-order valence-electron chi connectivity index (χ0n) is 21.5. The molecule has 7 nitrogen and oxygen atoms in total. The van der Waals surface area contributed by atoms with Gasteiger partial charge in [0.05, 0.1) is 11.6 Å². The number of aryl methyl sites for hydroxylation is 1. The van der Waals surface area contributed by atoms with Crippen LogP contribution < -0.4 is 9.47 Å². The molecule has 1 aliphatic heterocycles. The van der Waals surface area contributed by atoms with Gasteiger partial charge in [-0.1, -0.05) is 66.7 Å². The molecule has 0 bridgehead atoms. The van der Waals surface area contributed by atoms with Gasteiger partial charge in [-0.25, -0.2) is 0 Å². The molecule has 2 heterocycles. The van der Waals surface area contributed by atoms with E-state index in [2.05, 4.69) is 4.98 Å². The van der Waals surface area contributed by atoms with Crippen LogP contribution in [0.3, 0.4) is 0 Å². The summed E-state index contributed by atoms with van der Waals surface area (Å²) in [7, 11) is 0. The van der Waals surface area contributed by atoms with E-state index in [0.717, 1.165) is 16.9 Å². The number of aromatic nitrogens is 1. The molecule has 0 saturated carbocycles. The molecule has 196 valence electrons. The Balaban J connectivity index is 1.39. The summed E-state index contributed by atoms with van der Waals surface area (Å²) in [6, 6.07) is 26.6. The lowest BCUT2D eigenvalue weighted by molar-refractivity contribution is -0.140. The highest BCUT2D eigenvalue weighted by molar-refractivity contribution is 6.46. The van der Waals surface area contributed by atoms with Gasteiger partial charge in [-0.15, -0.1) is 0 Å². The Hall–Kier alpha value is -4.91. The van der Waals surface area contributed by atoms with Crippen LogP contribution in [0.25, 0.3) is 5.76 Å². The standard InChI is InChI=1S/C32H28N2O5/c1-22-8-5-6-12-27(22)39-19-18-38-26-15-13-24(14-16-26)29-28(30(35)25-10-3-2-4-11-25)31(36)32(37)34(29)21-23-9-7-17-33-20-23/h2-17,20,29,35H,18-19,21H2,1H3/b30-28+. The van der Waals surface area contributed by atoms with Gasteiger partial charge in [-0.05, 0) is 47.9 Å². The van der Waals surface area contributed by atoms with Gasteiger partial charge >= 0.3 is 0 Å². The second-order valence-corrected chi connectivity index (χ2v) is 9.19. The van der Waals surface area contributed by atoms with Crippen molar-refractivity contribution in [3.63, 3.8) is 0 Å². The third-order valence-electron chi connectivity index (χ3n) is 6.56. The molecular formula is C32H28N2O5. The maximum atomic E-state index is 13.2. The highest BCUT2D eigenvalue weighted by atomic mass is 16.5. The summed E-state index contributed by atoms with van der Waals surface area (Å²) in [6.07, 6.45) is 3.30. The monoisotopic (exact) mass is 520 g/mol. The molecule has 5 rings (SSSR count). The first-order valence-electron chi connectivity index (χ1n) is 12.7. The lowest BCUT2D eigenvalue weighted by atomic mass is 9.95. The molecule has 39 heavy (non-hydrogen) atoms. The van der Waals surface area contributed by atoms with Crippen molar-refractivity contribution < 1.29 is 24.2 Å². The number of amides is 1. The zero-order chi connectivity index (χ0) is 27.2. The van der Waals surface area contributed by atoms with E-state index in [9.17, 15) is 14.7 Å². The van der Waals surface area contributed by atoms with Crippen molar-refractivity contribution in [3.8, 4) is 11.5 Å². The van der Waals surface area contributed by atoms with Gasteiger partial charge in [-0.2, -0.15) is 0 Å². The van der Waals surface area contributed by atoms with Crippen molar-refractivity contribution in [1.29, 1.82) is 0 Å². The first-order chi connectivity index (χ1) is 19.0. The number of aliphatic hydroxyl groups excluding tert-OH is 1. The van der Waals surface area contributed by atoms with Gasteiger partial charge in [0.25, 0.3) is 11.7 Å². The molecule has 7 heteroatoms. The van der Waals surface area contributed by atoms with Crippen LogP contribution in [-0.4, -0.2) is 39.9 Å². The number of ether oxygens (including phenoxy) is 2. The fourth-order valence-corrected chi connectivity index (χ4v) is 4.61. The predicted octanol–water partition coefficient (Wildman–Crippen LogP) is 5.47. The third kappa shape index (κ3) is 5.67. The molecule has 1 aromatic heterocycles. The Morgan fingerprint density at radius 1 is 0.872 bits per heavy atom. The molecule has 0 aliphatic carbocycles. The average molecular weight is 521 g/mol. The van der Waals surface area contributed by atoms with E-state index in [1.807, 2.05) is 55.5 Å². The minimum atomic E-state index is -0.774. The summed E-state index contributed by atoms with van der Waals surface area (Å²) in [5, 5.41) is 11.2. The van der Waals surface area contributed by atoms with Crippen LogP contribution in [0.1, 0.15) is 28.3 Å². The molecule has 0 spiro atoms. The number of hydrogen-bond acceptors (Lipinski definition) is 6. The molecule has 1 unspecified atom stereocenters. The van der Waals surface area contributed by atoms with Crippen molar-refractivity contribution in [2.24, 2.45) is 0 Å². The molecule has 1 amide bonds. The van der Waals surface area contributed by atoms with Gasteiger partial charge in [0.2, 0.25) is 0 Å². The van der Waals surface area contributed by atoms with Gasteiger partial charge < -0.3 is 19.5 Å². The minimum Gasteiger partial charge on any atom is -0.507 e. The van der Waals surface area contributed by atoms with Crippen LogP contribution in [0.5, 0.6) is 11.5 Å². The number of Topliss-reactive ketones (excluding diaryl/α,β-unsaturated/α-hetero) is 1. The van der Waals surface area contributed by atoms with E-state index in [1.54, 1.807) is 54.9 Å². The molecule has 1 fully saturated rings. The molecule has 3 aromatic carbocycles. The van der Waals surface area contributed by atoms with Crippen LogP contribution in [0.4, 0.5) is 0 Å². The Labute approximate surface area is 227 Å². The molecule has 1 saturated heterocycles. The molecule has 1 atom stereocenters. The van der Waals surface area contributed by atoms with Crippen LogP contribution in [0.15, 0.2) is 109 Å². The smallest absolute Gasteiger partial charge is 0.295 e. The SMILES string of the molecule is Cc1ccccc1OCCOc1ccc(C2/C(=C(\O)c3ccccc3)C(=O)C(=O)N2Cc2cccnc2)cc1. The quantitative estimate of drug-likeness (QED) is 0.136. The Morgan fingerprint density at radius 3 is 2.31 bits per heavy atom. The fourth-order valence-electron chi connectivity index (χ4n) is 4.61. The van der Waals surface area contributed by atoms with E-state index in [0.29, 0.717) is 30.1 Å². The molecule has 1 N–H and O–H groups in total. The summed E-state index contributed by atoms with van der Waals surface area (Å²) in [4.78, 5) is 32.0. The Bertz CT molecular complexity index is 1480. The number of benzene rings is 3. The number of likely N-dealkylation sites (tertiary alicyclic amines) is 1. The average Bonchev–Trinajstić information content (AvgIpc) is 3.22. The van der Waals surface area contributed by atoms with Gasteiger partial charge in [0.1, 0.15) is 30.5 Å². The number of carbonyl (C=O) groups excluding carboxylic acids is 2. The second-order valence-electron chi connectivity index (χ2n) is 9.19. The highest BCUT2D eigenvalue weighted by Crippen LogP contribution is 2.40. The fraction of sp³-hybridized carbons (Fsp3) is 0.156. The minimum absolute atomic E-state index is 0.0513. The number of rotatable bonds is 9. The van der Waals surface area contributed by atoms with E-state index in [4.69, 9.17) is 9.47 Å². The Morgan fingerprint density at radius 2 is 1.59 bits per heavy atom. The predicted molar refractivity (Wildman–Crippen MR) is 147 cm³/mol. The van der Waals surface area contributed by atoms with Crippen molar-refractivity contribution in [2.45, 2.75) is 19.5 Å². The highest BCUT2D eigenvalue weighted by Gasteiger charge is 2.46. The lowest BCUT2D eigenvalue weighted by Crippen LogP contribution is -2.29. The zero-order valence-corrected chi connectivity index (χ0v) is 21.5. The molecule has 4 aromatic rings. The van der Waals surface area contributed by atoms with Crippen molar-refractivity contribution in [3.05, 3.63) is 131 Å². The topological polar surface area (TPSA) is 89.0 Å². The summed E-state index contributed by atoms with van der Waals surface area (Å²) in [5.74, 6) is -0.159. The summed E-state index contributed by atoms with van der Waals surface area (Å²) >= 11 is 0. The normalized spacial score (nSPS) is 16.3. The maximum Gasteiger partial charge on any atom is 0.295 e. The van der Waals surface area contributed by atoms with E-state index < -0.39 is 17.7 Å². The van der Waals surface area contributed by atoms with Crippen molar-refractivity contribution in [2.75, 3.05) is 13.2 Å². The Kier molecular flexibility index (Phi) is 7.68. The van der Waals surface area contributed by atoms with Crippen LogP contribution in [-0.2, 0) is 16.1 Å². The molecule has 1 aliphatic rings. The maximum absolute atomic E-state index is 13.2. The van der Waals surface area contributed by atoms with Gasteiger partial charge in [0.15, 0.2) is 0 Å². The number of aliphatic hydroxyl groups is 1. The first kappa shape index (κ1) is 25.7. The van der Waals surface area contributed by atoms with E-state index >= 15 is 0 Å². The lowest BCUT2D eigenvalue weighted by Gasteiger charge is -2.25. The first-order valence-corrected chi connectivity index (χ1v) is 12.7. The summed E-state index contributed by atoms with van der Waals surface area (Å²) in [6.45, 7) is 2.89. The van der Waals surface area contributed by atoms with Crippen molar-refractivity contribution >= 4 is 17.4 Å². The van der Waals surface area contributed by atoms with E-state index in [1.165, 1.54) is 4.90 Å². The number of para-hydroxylation sites is 1.